The van der Waals surface area contributed by atoms with E-state index in [2.05, 4.69) is 10.5 Å². The van der Waals surface area contributed by atoms with E-state index in [1.54, 1.807) is 6.07 Å². The fourth-order valence-corrected chi connectivity index (χ4v) is 3.89. The quantitative estimate of drug-likeness (QED) is 0.275. The predicted octanol–water partition coefficient (Wildman–Crippen LogP) is 3.53. The van der Waals surface area contributed by atoms with E-state index < -0.39 is 29.2 Å². The minimum atomic E-state index is -1.34. The first-order valence-electron chi connectivity index (χ1n) is 10.9. The number of carboxylic acid groups (broad SMARTS) is 1. The number of hydrogen-bond acceptors (Lipinski definition) is 7. The molecule has 0 bridgehead atoms. The second-order valence-corrected chi connectivity index (χ2v) is 8.91. The minimum absolute atomic E-state index is 0.00218. The molecule has 1 heterocycles. The molecule has 0 fully saturated rings. The Morgan fingerprint density at radius 3 is 2.51 bits per heavy atom. The van der Waals surface area contributed by atoms with Gasteiger partial charge >= 0.3 is 5.97 Å². The number of ether oxygens (including phenoxy) is 1. The number of benzene rings is 2. The smallest absolute Gasteiger partial charge is 0.311 e. The van der Waals surface area contributed by atoms with Gasteiger partial charge in [-0.1, -0.05) is 48.0 Å². The van der Waals surface area contributed by atoms with Crippen LogP contribution in [0.2, 0.25) is 5.02 Å². The predicted molar refractivity (Wildman–Crippen MR) is 128 cm³/mol. The number of nitrogens with zero attached hydrogens (tertiary/aromatic N) is 1. The Morgan fingerprint density at radius 2 is 1.91 bits per heavy atom. The molecule has 0 spiro atoms. The van der Waals surface area contributed by atoms with Gasteiger partial charge in [0, 0.05) is 11.1 Å². The highest BCUT2D eigenvalue weighted by atomic mass is 35.5. The lowest BCUT2D eigenvalue weighted by Gasteiger charge is -2.30. The van der Waals surface area contributed by atoms with Gasteiger partial charge in [-0.25, -0.2) is 0 Å². The first-order chi connectivity index (χ1) is 16.7. The third-order valence-electron chi connectivity index (χ3n) is 5.52. The molecule has 3 aromatic rings. The third kappa shape index (κ3) is 7.29. The van der Waals surface area contributed by atoms with Crippen molar-refractivity contribution in [2.24, 2.45) is 5.41 Å². The van der Waals surface area contributed by atoms with E-state index >= 15 is 0 Å². The molecule has 2 atom stereocenters. The molecule has 10 heteroatoms. The number of rotatable bonds is 12. The number of carboxylic acids is 1. The highest BCUT2D eigenvalue weighted by Gasteiger charge is 2.37. The molecule has 0 aliphatic rings. The van der Waals surface area contributed by atoms with Gasteiger partial charge in [0.2, 0.25) is 5.76 Å². The van der Waals surface area contributed by atoms with Crippen LogP contribution < -0.4 is 5.32 Å². The summed E-state index contributed by atoms with van der Waals surface area (Å²) in [6, 6.07) is 15.6. The number of aliphatic hydroxyl groups is 1. The maximum atomic E-state index is 12.7. The lowest BCUT2D eigenvalue weighted by Crippen LogP contribution is -2.44. The van der Waals surface area contributed by atoms with E-state index in [1.165, 1.54) is 6.92 Å². The summed E-state index contributed by atoms with van der Waals surface area (Å²) in [6.07, 6.45) is 0.361. The molecule has 1 unspecified atom stereocenters. The second-order valence-electron chi connectivity index (χ2n) is 8.48. The summed E-state index contributed by atoms with van der Waals surface area (Å²) in [5.41, 5.74) is 1.45. The van der Waals surface area contributed by atoms with Crippen molar-refractivity contribution in [3.63, 3.8) is 0 Å². The molecule has 0 aliphatic carbocycles. The zero-order chi connectivity index (χ0) is 25.4. The van der Waals surface area contributed by atoms with Crippen LogP contribution in [0, 0.1) is 5.41 Å². The number of aliphatic hydroxyl groups excluding tert-OH is 1. The molecule has 9 nitrogen and oxygen atoms in total. The normalized spacial score (nSPS) is 13.7. The Hall–Kier alpha value is -3.40. The van der Waals surface area contributed by atoms with Gasteiger partial charge in [0.05, 0.1) is 31.3 Å². The van der Waals surface area contributed by atoms with Crippen LogP contribution in [0.3, 0.4) is 0 Å². The molecule has 35 heavy (non-hydrogen) atoms. The average molecular weight is 503 g/mol. The number of hydrogen-bond donors (Lipinski definition) is 4. The Kier molecular flexibility index (Phi) is 8.86. The van der Waals surface area contributed by atoms with Crippen LogP contribution in [-0.2, 0) is 16.0 Å². The number of carbonyl (C=O) groups is 2. The van der Waals surface area contributed by atoms with Crippen molar-refractivity contribution < 1.29 is 34.2 Å². The number of carbonyl (C=O) groups excluding carboxylic acids is 1. The van der Waals surface area contributed by atoms with E-state index in [-0.39, 0.29) is 32.0 Å². The van der Waals surface area contributed by atoms with E-state index in [9.17, 15) is 19.8 Å². The lowest BCUT2D eigenvalue weighted by molar-refractivity contribution is -0.153. The second kappa shape index (κ2) is 11.8. The maximum Gasteiger partial charge on any atom is 0.311 e. The summed E-state index contributed by atoms with van der Waals surface area (Å²) in [5.74, 6) is -2.36. The van der Waals surface area contributed by atoms with Crippen molar-refractivity contribution in [3.05, 3.63) is 70.9 Å². The molecular formula is C25H27ClN2O7. The standard InChI is InChI=1S/C25H27ClN2O7/c1-25(24(32)33,15-34-10-9-29)14-20(27-23(31)21-13-22(30)28-35-21)11-16-5-7-17(8-6-16)18-3-2-4-19(26)12-18/h2-8,12-13,20,29H,9-11,14-15H2,1H3,(H,27,31)(H,28,30)(H,32,33)/t20-,25?/m1/s1. The van der Waals surface area contributed by atoms with Gasteiger partial charge in [-0.3, -0.25) is 9.59 Å². The minimum Gasteiger partial charge on any atom is -0.491 e. The Balaban J connectivity index is 1.81. The van der Waals surface area contributed by atoms with Crippen molar-refractivity contribution >= 4 is 23.5 Å². The molecule has 1 aromatic heterocycles. The highest BCUT2D eigenvalue weighted by molar-refractivity contribution is 6.30. The van der Waals surface area contributed by atoms with Crippen molar-refractivity contribution in [1.82, 2.24) is 10.5 Å². The van der Waals surface area contributed by atoms with Crippen molar-refractivity contribution in [2.75, 3.05) is 19.8 Å². The summed E-state index contributed by atoms with van der Waals surface area (Å²) in [6.45, 7) is 1.15. The van der Waals surface area contributed by atoms with Crippen molar-refractivity contribution in [1.29, 1.82) is 0 Å². The van der Waals surface area contributed by atoms with E-state index in [0.717, 1.165) is 22.8 Å². The number of amides is 1. The number of aliphatic carboxylic acids is 1. The molecule has 0 saturated heterocycles. The molecule has 3 rings (SSSR count). The van der Waals surface area contributed by atoms with Crippen LogP contribution >= 0.6 is 11.6 Å². The van der Waals surface area contributed by atoms with Crippen LogP contribution in [0.5, 0.6) is 5.88 Å². The number of aromatic nitrogens is 1. The zero-order valence-electron chi connectivity index (χ0n) is 19.1. The first-order valence-corrected chi connectivity index (χ1v) is 11.3. The summed E-state index contributed by atoms with van der Waals surface area (Å²) >= 11 is 6.09. The van der Waals surface area contributed by atoms with E-state index in [1.807, 2.05) is 42.5 Å². The average Bonchev–Trinajstić information content (AvgIpc) is 3.26. The molecular weight excluding hydrogens is 476 g/mol. The van der Waals surface area contributed by atoms with Gasteiger partial charge in [0.1, 0.15) is 0 Å². The zero-order valence-corrected chi connectivity index (χ0v) is 19.9. The largest absolute Gasteiger partial charge is 0.491 e. The summed E-state index contributed by atoms with van der Waals surface area (Å²) in [4.78, 5) is 24.7. The Morgan fingerprint density at radius 1 is 1.17 bits per heavy atom. The van der Waals surface area contributed by atoms with Crippen LogP contribution in [0.4, 0.5) is 0 Å². The first kappa shape index (κ1) is 26.2. The Labute approximate surface area is 207 Å². The van der Waals surface area contributed by atoms with Gasteiger partial charge in [-0.05, 0) is 53.7 Å². The molecule has 0 aliphatic heterocycles. The van der Waals surface area contributed by atoms with Crippen LogP contribution in [0.25, 0.3) is 11.1 Å². The van der Waals surface area contributed by atoms with E-state index in [4.69, 9.17) is 26.0 Å². The number of aromatic hydroxyl groups is 1. The molecule has 2 aromatic carbocycles. The Bertz CT molecular complexity index is 1150. The molecule has 4 N–H and O–H groups in total. The fourth-order valence-electron chi connectivity index (χ4n) is 3.70. The fraction of sp³-hybridized carbons (Fsp3) is 0.320. The van der Waals surface area contributed by atoms with Crippen molar-refractivity contribution in [3.8, 4) is 17.0 Å². The summed E-state index contributed by atoms with van der Waals surface area (Å²) in [5, 5.41) is 34.9. The molecule has 186 valence electrons. The van der Waals surface area contributed by atoms with Gasteiger partial charge in [-0.2, -0.15) is 0 Å². The highest BCUT2D eigenvalue weighted by Crippen LogP contribution is 2.28. The van der Waals surface area contributed by atoms with Gasteiger partial charge in [0.15, 0.2) is 0 Å². The van der Waals surface area contributed by atoms with Gasteiger partial charge in [0.25, 0.3) is 11.8 Å². The number of nitrogens with one attached hydrogen (secondary N) is 1. The summed E-state index contributed by atoms with van der Waals surface area (Å²) < 4.78 is 10.1. The topological polar surface area (TPSA) is 142 Å². The van der Waals surface area contributed by atoms with Gasteiger partial charge < -0.3 is 29.9 Å². The van der Waals surface area contributed by atoms with Crippen molar-refractivity contribution in [2.45, 2.75) is 25.8 Å². The van der Waals surface area contributed by atoms with Crippen LogP contribution in [-0.4, -0.2) is 58.2 Å². The lowest BCUT2D eigenvalue weighted by atomic mass is 9.82. The number of halogens is 1. The molecule has 0 saturated carbocycles. The summed E-state index contributed by atoms with van der Waals surface area (Å²) in [7, 11) is 0. The molecule has 1 amide bonds. The van der Waals surface area contributed by atoms with Gasteiger partial charge in [-0.15, -0.1) is 0 Å². The molecule has 0 radical (unpaired) electrons. The van der Waals surface area contributed by atoms with E-state index in [0.29, 0.717) is 11.4 Å². The SMILES string of the molecule is CC(COCCO)(C[C@@H](Cc1ccc(-c2cccc(Cl)c2)cc1)NC(=O)c1cc(O)no1)C(=O)O. The van der Waals surface area contributed by atoms with Crippen LogP contribution in [0.15, 0.2) is 59.1 Å². The monoisotopic (exact) mass is 502 g/mol. The maximum absolute atomic E-state index is 12.7. The third-order valence-corrected chi connectivity index (χ3v) is 5.76. The van der Waals surface area contributed by atoms with Crippen LogP contribution in [0.1, 0.15) is 29.5 Å².